The fourth-order valence-corrected chi connectivity index (χ4v) is 3.13. The SMILES string of the molecule is CN1C(=O)CCC(N2C(=O)c3ccc(NCC(=O)O)cc3C2O)C1=O. The van der Waals surface area contributed by atoms with E-state index in [1.807, 2.05) is 0 Å². The summed E-state index contributed by atoms with van der Waals surface area (Å²) >= 11 is 0. The predicted molar refractivity (Wildman–Crippen MR) is 84.5 cm³/mol. The van der Waals surface area contributed by atoms with Crippen molar-refractivity contribution in [2.75, 3.05) is 18.9 Å². The summed E-state index contributed by atoms with van der Waals surface area (Å²) in [6.45, 7) is -0.305. The molecule has 3 rings (SSSR count). The van der Waals surface area contributed by atoms with Crippen molar-refractivity contribution in [3.8, 4) is 0 Å². The molecule has 0 radical (unpaired) electrons. The van der Waals surface area contributed by atoms with Crippen LogP contribution in [0.3, 0.4) is 0 Å². The second-order valence-electron chi connectivity index (χ2n) is 5.98. The number of hydrogen-bond donors (Lipinski definition) is 3. The van der Waals surface area contributed by atoms with Crippen LogP contribution in [0, 0.1) is 0 Å². The van der Waals surface area contributed by atoms with Crippen molar-refractivity contribution in [3.05, 3.63) is 29.3 Å². The quantitative estimate of drug-likeness (QED) is 0.642. The number of carbonyl (C=O) groups is 4. The average Bonchev–Trinajstić information content (AvgIpc) is 2.82. The molecule has 9 nitrogen and oxygen atoms in total. The number of amides is 3. The number of carbonyl (C=O) groups excluding carboxylic acids is 3. The summed E-state index contributed by atoms with van der Waals surface area (Å²) in [6, 6.07) is 3.60. The minimum atomic E-state index is -1.33. The third kappa shape index (κ3) is 2.82. The Balaban J connectivity index is 1.87. The number of likely N-dealkylation sites (tertiary alicyclic amines) is 1. The number of imide groups is 1. The molecule has 0 aliphatic carbocycles. The third-order valence-electron chi connectivity index (χ3n) is 4.46. The molecule has 1 saturated heterocycles. The highest BCUT2D eigenvalue weighted by atomic mass is 16.4. The van der Waals surface area contributed by atoms with Gasteiger partial charge in [0, 0.05) is 30.3 Å². The number of fused-ring (bicyclic) bond motifs is 1. The van der Waals surface area contributed by atoms with Crippen LogP contribution < -0.4 is 5.32 Å². The second kappa shape index (κ2) is 6.17. The van der Waals surface area contributed by atoms with Crippen LogP contribution in [0.4, 0.5) is 5.69 Å². The first-order valence-electron chi connectivity index (χ1n) is 7.72. The summed E-state index contributed by atoms with van der Waals surface area (Å²) in [4.78, 5) is 49.2. The van der Waals surface area contributed by atoms with Gasteiger partial charge in [0.05, 0.1) is 0 Å². The van der Waals surface area contributed by atoms with Gasteiger partial charge in [-0.1, -0.05) is 0 Å². The van der Waals surface area contributed by atoms with Crippen molar-refractivity contribution in [1.82, 2.24) is 9.80 Å². The van der Waals surface area contributed by atoms with Crippen molar-refractivity contribution in [2.45, 2.75) is 25.1 Å². The molecular weight excluding hydrogens is 330 g/mol. The van der Waals surface area contributed by atoms with Crippen molar-refractivity contribution in [2.24, 2.45) is 0 Å². The molecule has 2 aliphatic heterocycles. The number of aliphatic hydroxyl groups is 1. The minimum absolute atomic E-state index is 0.116. The van der Waals surface area contributed by atoms with Crippen molar-refractivity contribution >= 4 is 29.4 Å². The Morgan fingerprint density at radius 2 is 2.04 bits per heavy atom. The van der Waals surface area contributed by atoms with E-state index in [1.165, 1.54) is 25.2 Å². The molecule has 9 heteroatoms. The first kappa shape index (κ1) is 16.9. The predicted octanol–water partition coefficient (Wildman–Crippen LogP) is -0.223. The number of rotatable bonds is 4. The summed E-state index contributed by atoms with van der Waals surface area (Å²) in [5.41, 5.74) is 0.991. The Kier molecular flexibility index (Phi) is 4.17. The summed E-state index contributed by atoms with van der Waals surface area (Å²) in [5.74, 6) is -2.38. The number of likely N-dealkylation sites (N-methyl/N-ethyl adjacent to an activating group) is 1. The van der Waals surface area contributed by atoms with Crippen LogP contribution >= 0.6 is 0 Å². The van der Waals surface area contributed by atoms with Gasteiger partial charge in [-0.3, -0.25) is 29.0 Å². The van der Waals surface area contributed by atoms with Gasteiger partial charge in [0.1, 0.15) is 12.6 Å². The van der Waals surface area contributed by atoms with E-state index in [-0.39, 0.29) is 30.9 Å². The van der Waals surface area contributed by atoms with E-state index >= 15 is 0 Å². The summed E-state index contributed by atoms with van der Waals surface area (Å²) in [6.07, 6.45) is -1.06. The fraction of sp³-hybridized carbons (Fsp3) is 0.375. The smallest absolute Gasteiger partial charge is 0.322 e. The van der Waals surface area contributed by atoms with E-state index < -0.39 is 30.1 Å². The normalized spacial score (nSPS) is 23.0. The maximum absolute atomic E-state index is 12.6. The molecule has 2 heterocycles. The number of carboxylic acids is 1. The molecule has 1 aromatic carbocycles. The topological polar surface area (TPSA) is 127 Å². The fourth-order valence-electron chi connectivity index (χ4n) is 3.13. The maximum Gasteiger partial charge on any atom is 0.322 e. The lowest BCUT2D eigenvalue weighted by Crippen LogP contribution is -2.54. The van der Waals surface area contributed by atoms with Crippen LogP contribution in [-0.2, 0) is 14.4 Å². The Labute approximate surface area is 142 Å². The second-order valence-corrected chi connectivity index (χ2v) is 5.98. The molecule has 0 bridgehead atoms. The lowest BCUT2D eigenvalue weighted by molar-refractivity contribution is -0.153. The molecule has 2 atom stereocenters. The van der Waals surface area contributed by atoms with Gasteiger partial charge in [-0.05, 0) is 24.6 Å². The van der Waals surface area contributed by atoms with Crippen LogP contribution in [0.15, 0.2) is 18.2 Å². The number of carboxylic acid groups (broad SMARTS) is 1. The molecule has 3 N–H and O–H groups in total. The molecule has 2 aliphatic rings. The molecule has 3 amide bonds. The zero-order chi connectivity index (χ0) is 18.3. The van der Waals surface area contributed by atoms with Crippen LogP contribution in [0.5, 0.6) is 0 Å². The van der Waals surface area contributed by atoms with Gasteiger partial charge in [0.2, 0.25) is 5.91 Å². The van der Waals surface area contributed by atoms with Gasteiger partial charge >= 0.3 is 5.97 Å². The number of aliphatic hydroxyl groups excluding tert-OH is 1. The number of piperidine rings is 1. The molecule has 1 fully saturated rings. The highest BCUT2D eigenvalue weighted by Crippen LogP contribution is 2.37. The van der Waals surface area contributed by atoms with Crippen LogP contribution in [0.25, 0.3) is 0 Å². The average molecular weight is 347 g/mol. The standard InChI is InChI=1S/C16H17N3O6/c1-18-12(20)5-4-11(16(18)25)19-14(23)9-3-2-8(17-7-13(21)22)6-10(9)15(19)24/h2-3,6,11,15,17,24H,4-5,7H2,1H3,(H,21,22). The van der Waals surface area contributed by atoms with Crippen LogP contribution in [-0.4, -0.2) is 63.3 Å². The summed E-state index contributed by atoms with van der Waals surface area (Å²) < 4.78 is 0. The monoisotopic (exact) mass is 347 g/mol. The van der Waals surface area contributed by atoms with Gasteiger partial charge in [-0.15, -0.1) is 0 Å². The molecule has 0 saturated carbocycles. The van der Waals surface area contributed by atoms with E-state index in [9.17, 15) is 24.3 Å². The zero-order valence-electron chi connectivity index (χ0n) is 13.4. The van der Waals surface area contributed by atoms with Crippen molar-refractivity contribution < 1.29 is 29.4 Å². The van der Waals surface area contributed by atoms with Gasteiger partial charge in [0.15, 0.2) is 6.23 Å². The maximum atomic E-state index is 12.6. The summed E-state index contributed by atoms with van der Waals surface area (Å²) in [5, 5.41) is 21.9. The molecule has 1 aromatic rings. The third-order valence-corrected chi connectivity index (χ3v) is 4.46. The first-order valence-corrected chi connectivity index (χ1v) is 7.72. The van der Waals surface area contributed by atoms with Gasteiger partial charge < -0.3 is 15.5 Å². The lowest BCUT2D eigenvalue weighted by Gasteiger charge is -2.35. The largest absolute Gasteiger partial charge is 0.480 e. The van der Waals surface area contributed by atoms with Gasteiger partial charge in [-0.2, -0.15) is 0 Å². The minimum Gasteiger partial charge on any atom is -0.480 e. The molecule has 25 heavy (non-hydrogen) atoms. The Morgan fingerprint density at radius 1 is 1.32 bits per heavy atom. The Morgan fingerprint density at radius 3 is 2.72 bits per heavy atom. The number of aliphatic carboxylic acids is 1. The number of anilines is 1. The molecular formula is C16H17N3O6. The van der Waals surface area contributed by atoms with E-state index in [2.05, 4.69) is 5.32 Å². The van der Waals surface area contributed by atoms with Crippen molar-refractivity contribution in [3.63, 3.8) is 0 Å². The number of benzene rings is 1. The molecule has 132 valence electrons. The number of nitrogens with zero attached hydrogens (tertiary/aromatic N) is 2. The zero-order valence-corrected chi connectivity index (χ0v) is 13.4. The summed E-state index contributed by atoms with van der Waals surface area (Å²) in [7, 11) is 1.35. The van der Waals surface area contributed by atoms with E-state index in [1.54, 1.807) is 0 Å². The number of nitrogens with one attached hydrogen (secondary N) is 1. The number of hydrogen-bond acceptors (Lipinski definition) is 6. The van der Waals surface area contributed by atoms with E-state index in [4.69, 9.17) is 5.11 Å². The first-order chi connectivity index (χ1) is 11.8. The highest BCUT2D eigenvalue weighted by Gasteiger charge is 2.45. The van der Waals surface area contributed by atoms with Gasteiger partial charge in [-0.25, -0.2) is 0 Å². The Bertz CT molecular complexity index is 777. The molecule has 0 spiro atoms. The Hall–Kier alpha value is -2.94. The van der Waals surface area contributed by atoms with E-state index in [0.717, 1.165) is 9.80 Å². The van der Waals surface area contributed by atoms with E-state index in [0.29, 0.717) is 11.3 Å². The lowest BCUT2D eigenvalue weighted by atomic mass is 10.0. The molecule has 0 aromatic heterocycles. The van der Waals surface area contributed by atoms with Crippen molar-refractivity contribution in [1.29, 1.82) is 0 Å². The van der Waals surface area contributed by atoms with Crippen LogP contribution in [0.2, 0.25) is 0 Å². The highest BCUT2D eigenvalue weighted by molar-refractivity contribution is 6.05. The van der Waals surface area contributed by atoms with Crippen LogP contribution in [0.1, 0.15) is 35.0 Å². The van der Waals surface area contributed by atoms with Gasteiger partial charge in [0.25, 0.3) is 11.8 Å². The molecule has 2 unspecified atom stereocenters.